The standard InChI is InChI=1S/C17H16O3/c1-19-12-5-3-11(4-6-12)13-8-10-16(20-2)17-14(13)7-9-15(17)18/h3-6,8,10H,7,9H2,1-2H3. The zero-order chi connectivity index (χ0) is 14.1. The fourth-order valence-corrected chi connectivity index (χ4v) is 2.77. The molecule has 3 rings (SSSR count). The number of carbonyl (C=O) groups excluding carboxylic acids is 1. The van der Waals surface area contributed by atoms with Gasteiger partial charge in [0.05, 0.1) is 19.8 Å². The number of hydrogen-bond acceptors (Lipinski definition) is 3. The summed E-state index contributed by atoms with van der Waals surface area (Å²) in [6.07, 6.45) is 1.35. The van der Waals surface area contributed by atoms with Crippen LogP contribution >= 0.6 is 0 Å². The normalized spacial score (nSPS) is 13.2. The Morgan fingerprint density at radius 1 is 0.900 bits per heavy atom. The quantitative estimate of drug-likeness (QED) is 0.854. The number of rotatable bonds is 3. The van der Waals surface area contributed by atoms with Crippen LogP contribution in [0.1, 0.15) is 22.3 Å². The number of methoxy groups -OCH3 is 2. The zero-order valence-electron chi connectivity index (χ0n) is 11.6. The van der Waals surface area contributed by atoms with Gasteiger partial charge in [0, 0.05) is 6.42 Å². The third kappa shape index (κ3) is 1.95. The average molecular weight is 268 g/mol. The molecule has 3 nitrogen and oxygen atoms in total. The molecule has 0 saturated carbocycles. The van der Waals surface area contributed by atoms with E-state index in [4.69, 9.17) is 9.47 Å². The van der Waals surface area contributed by atoms with Crippen LogP contribution in [0.2, 0.25) is 0 Å². The van der Waals surface area contributed by atoms with Crippen molar-refractivity contribution in [1.29, 1.82) is 0 Å². The average Bonchev–Trinajstić information content (AvgIpc) is 2.89. The second-order valence-electron chi connectivity index (χ2n) is 4.82. The van der Waals surface area contributed by atoms with Gasteiger partial charge in [-0.25, -0.2) is 0 Å². The Hall–Kier alpha value is -2.29. The van der Waals surface area contributed by atoms with Crippen molar-refractivity contribution in [2.75, 3.05) is 14.2 Å². The number of fused-ring (bicyclic) bond motifs is 1. The molecule has 2 aromatic carbocycles. The van der Waals surface area contributed by atoms with Crippen LogP contribution in [0.15, 0.2) is 36.4 Å². The van der Waals surface area contributed by atoms with Gasteiger partial charge in [-0.05, 0) is 41.3 Å². The van der Waals surface area contributed by atoms with Crippen LogP contribution in [0, 0.1) is 0 Å². The SMILES string of the molecule is COc1ccc(-c2ccc(OC)c3c2CCC3=O)cc1. The van der Waals surface area contributed by atoms with Crippen molar-refractivity contribution in [3.8, 4) is 22.6 Å². The molecule has 0 atom stereocenters. The van der Waals surface area contributed by atoms with E-state index < -0.39 is 0 Å². The van der Waals surface area contributed by atoms with Crippen molar-refractivity contribution in [3.63, 3.8) is 0 Å². The molecule has 0 bridgehead atoms. The van der Waals surface area contributed by atoms with Crippen LogP contribution in [0.4, 0.5) is 0 Å². The van der Waals surface area contributed by atoms with Gasteiger partial charge in [0.15, 0.2) is 5.78 Å². The highest BCUT2D eigenvalue weighted by molar-refractivity contribution is 6.05. The predicted octanol–water partition coefficient (Wildman–Crippen LogP) is 3.50. The minimum atomic E-state index is 0.173. The fraction of sp³-hybridized carbons (Fsp3) is 0.235. The Bertz CT molecular complexity index is 657. The van der Waals surface area contributed by atoms with Gasteiger partial charge >= 0.3 is 0 Å². The van der Waals surface area contributed by atoms with Crippen LogP contribution in [-0.4, -0.2) is 20.0 Å². The molecule has 0 saturated heterocycles. The van der Waals surface area contributed by atoms with Gasteiger partial charge in [0.1, 0.15) is 11.5 Å². The molecule has 0 amide bonds. The summed E-state index contributed by atoms with van der Waals surface area (Å²) in [5.41, 5.74) is 4.05. The molecular formula is C17H16O3. The van der Waals surface area contributed by atoms with Gasteiger partial charge < -0.3 is 9.47 Å². The summed E-state index contributed by atoms with van der Waals surface area (Å²) in [7, 11) is 3.26. The van der Waals surface area contributed by atoms with E-state index in [2.05, 4.69) is 0 Å². The van der Waals surface area contributed by atoms with Crippen molar-refractivity contribution in [3.05, 3.63) is 47.5 Å². The molecule has 0 radical (unpaired) electrons. The Kier molecular flexibility index (Phi) is 3.18. The molecule has 0 aliphatic heterocycles. The first kappa shape index (κ1) is 12.7. The molecule has 0 fully saturated rings. The van der Waals surface area contributed by atoms with E-state index >= 15 is 0 Å². The van der Waals surface area contributed by atoms with E-state index in [1.54, 1.807) is 14.2 Å². The molecular weight excluding hydrogens is 252 g/mol. The zero-order valence-corrected chi connectivity index (χ0v) is 11.6. The molecule has 1 aliphatic rings. The molecule has 0 N–H and O–H groups in total. The fourth-order valence-electron chi connectivity index (χ4n) is 2.77. The molecule has 3 heteroatoms. The van der Waals surface area contributed by atoms with Crippen LogP contribution < -0.4 is 9.47 Å². The highest BCUT2D eigenvalue weighted by atomic mass is 16.5. The van der Waals surface area contributed by atoms with E-state index in [1.807, 2.05) is 36.4 Å². The second-order valence-corrected chi connectivity index (χ2v) is 4.82. The smallest absolute Gasteiger partial charge is 0.167 e. The predicted molar refractivity (Wildman–Crippen MR) is 77.6 cm³/mol. The Morgan fingerprint density at radius 3 is 2.30 bits per heavy atom. The lowest BCUT2D eigenvalue weighted by molar-refractivity contribution is 0.0992. The summed E-state index contributed by atoms with van der Waals surface area (Å²) in [6, 6.07) is 11.8. The highest BCUT2D eigenvalue weighted by Gasteiger charge is 2.26. The van der Waals surface area contributed by atoms with Crippen LogP contribution in [0.25, 0.3) is 11.1 Å². The van der Waals surface area contributed by atoms with Crippen molar-refractivity contribution in [2.24, 2.45) is 0 Å². The topological polar surface area (TPSA) is 35.5 Å². The molecule has 0 spiro atoms. The van der Waals surface area contributed by atoms with E-state index in [0.717, 1.165) is 34.4 Å². The van der Waals surface area contributed by atoms with Crippen LogP contribution in [0.3, 0.4) is 0 Å². The monoisotopic (exact) mass is 268 g/mol. The first-order valence-electron chi connectivity index (χ1n) is 6.62. The lowest BCUT2D eigenvalue weighted by atomic mass is 9.96. The van der Waals surface area contributed by atoms with E-state index in [1.165, 1.54) is 0 Å². The number of carbonyl (C=O) groups is 1. The minimum absolute atomic E-state index is 0.173. The number of ketones is 1. The van der Waals surface area contributed by atoms with Gasteiger partial charge in [-0.3, -0.25) is 4.79 Å². The summed E-state index contributed by atoms with van der Waals surface area (Å²) in [4.78, 5) is 12.0. The van der Waals surface area contributed by atoms with Gasteiger partial charge in [-0.2, -0.15) is 0 Å². The number of ether oxygens (including phenoxy) is 2. The first-order chi connectivity index (χ1) is 9.74. The van der Waals surface area contributed by atoms with Crippen molar-refractivity contribution in [2.45, 2.75) is 12.8 Å². The van der Waals surface area contributed by atoms with Crippen molar-refractivity contribution in [1.82, 2.24) is 0 Å². The van der Waals surface area contributed by atoms with Gasteiger partial charge in [-0.15, -0.1) is 0 Å². The molecule has 2 aromatic rings. The van der Waals surface area contributed by atoms with E-state index in [0.29, 0.717) is 12.2 Å². The van der Waals surface area contributed by atoms with Gasteiger partial charge in [0.25, 0.3) is 0 Å². The van der Waals surface area contributed by atoms with Crippen LogP contribution in [-0.2, 0) is 6.42 Å². The minimum Gasteiger partial charge on any atom is -0.497 e. The molecule has 20 heavy (non-hydrogen) atoms. The number of Topliss-reactive ketones (excluding diaryl/α,β-unsaturated/α-hetero) is 1. The molecule has 0 aromatic heterocycles. The molecule has 0 unspecified atom stereocenters. The van der Waals surface area contributed by atoms with Gasteiger partial charge in [-0.1, -0.05) is 18.2 Å². The Labute approximate surface area is 118 Å². The van der Waals surface area contributed by atoms with E-state index in [9.17, 15) is 4.79 Å². The third-order valence-electron chi connectivity index (χ3n) is 3.78. The maximum Gasteiger partial charge on any atom is 0.167 e. The number of benzene rings is 2. The summed E-state index contributed by atoms with van der Waals surface area (Å²) in [5.74, 6) is 1.68. The Morgan fingerprint density at radius 2 is 1.65 bits per heavy atom. The molecule has 1 aliphatic carbocycles. The second kappa shape index (κ2) is 5.00. The van der Waals surface area contributed by atoms with Crippen molar-refractivity contribution < 1.29 is 14.3 Å². The maximum atomic E-state index is 12.0. The highest BCUT2D eigenvalue weighted by Crippen LogP contribution is 2.38. The van der Waals surface area contributed by atoms with Crippen LogP contribution in [0.5, 0.6) is 11.5 Å². The summed E-state index contributed by atoms with van der Waals surface area (Å²) < 4.78 is 10.5. The molecule has 0 heterocycles. The largest absolute Gasteiger partial charge is 0.497 e. The van der Waals surface area contributed by atoms with Crippen molar-refractivity contribution >= 4 is 5.78 Å². The molecule has 102 valence electrons. The summed E-state index contributed by atoms with van der Waals surface area (Å²) in [6.45, 7) is 0. The maximum absolute atomic E-state index is 12.0. The first-order valence-corrected chi connectivity index (χ1v) is 6.62. The lowest BCUT2D eigenvalue weighted by Gasteiger charge is -2.12. The third-order valence-corrected chi connectivity index (χ3v) is 3.78. The van der Waals surface area contributed by atoms with Gasteiger partial charge in [0.2, 0.25) is 0 Å². The summed E-state index contributed by atoms with van der Waals surface area (Å²) in [5, 5.41) is 0. The summed E-state index contributed by atoms with van der Waals surface area (Å²) >= 11 is 0. The Balaban J connectivity index is 2.13. The number of hydrogen-bond donors (Lipinski definition) is 0. The van der Waals surface area contributed by atoms with E-state index in [-0.39, 0.29) is 5.78 Å². The lowest BCUT2D eigenvalue weighted by Crippen LogP contribution is -1.98.